The quantitative estimate of drug-likeness (QED) is 0.154. The van der Waals surface area contributed by atoms with Crippen molar-refractivity contribution < 1.29 is 48.6 Å². The largest absolute Gasteiger partial charge is 0.459 e. The molecule has 278 valence electrons. The van der Waals surface area contributed by atoms with E-state index in [-0.39, 0.29) is 56.1 Å². The summed E-state index contributed by atoms with van der Waals surface area (Å²) in [6.07, 6.45) is 7.79. The zero-order valence-corrected chi connectivity index (χ0v) is 30.3. The van der Waals surface area contributed by atoms with Crippen molar-refractivity contribution >= 4 is 11.9 Å². The summed E-state index contributed by atoms with van der Waals surface area (Å²) in [5, 5.41) is 33.9. The van der Waals surface area contributed by atoms with Crippen LogP contribution in [0.2, 0.25) is 0 Å². The molecule has 10 heteroatoms. The summed E-state index contributed by atoms with van der Waals surface area (Å²) in [4.78, 5) is 26.0. The third-order valence-corrected chi connectivity index (χ3v) is 10.5. The van der Waals surface area contributed by atoms with Gasteiger partial charge in [-0.05, 0) is 51.9 Å². The predicted molar refractivity (Wildman–Crippen MR) is 185 cm³/mol. The first-order valence-electron chi connectivity index (χ1n) is 18.7. The van der Waals surface area contributed by atoms with Crippen LogP contribution in [0.1, 0.15) is 130 Å². The highest BCUT2D eigenvalue weighted by Gasteiger charge is 2.55. The smallest absolute Gasteiger partial charge is 0.308 e. The number of carbonyl (C=O) groups is 2. The van der Waals surface area contributed by atoms with Crippen molar-refractivity contribution in [3.63, 3.8) is 0 Å². The summed E-state index contributed by atoms with van der Waals surface area (Å²) >= 11 is 0. The van der Waals surface area contributed by atoms with Crippen LogP contribution in [0.5, 0.6) is 0 Å². The maximum atomic E-state index is 13.0. The highest BCUT2D eigenvalue weighted by atomic mass is 16.7. The standard InChI is InChI=1S/C39H62O10/c1-7-8-9-10-11-12-36(42)48-35-14-13-30-24-34(27(4)40)47-37(43)22-28(41)21-31-18-26(3)20-33(46-31)23-32-19-25(2)17-29(45-32)15-16-38(5,6)39(35,44)49-30/h15-16,27-35,40-41,44H,2-3,7-14,17-24H2,1,4-6H3/b16-15+/t27-,28-,29+,30+,31+,32+,33-,34-,35-,39-/m1/s1. The van der Waals surface area contributed by atoms with Gasteiger partial charge in [0.2, 0.25) is 5.79 Å². The molecular weight excluding hydrogens is 628 g/mol. The SMILES string of the molecule is C=C1C[C@@H]2C[C@@H]3CC(=C)C[C@H](/C=C/C(C)(C)[C@]4(O)O[C@@H](CC[C@H]4OC(=O)CCCCCCC)C[C@H]([C@@H](C)O)OC(=O)C[C@H](O)C[C@H](C1)O2)O3. The molecule has 3 saturated heterocycles. The predicted octanol–water partition coefficient (Wildman–Crippen LogP) is 6.14. The lowest BCUT2D eigenvalue weighted by Gasteiger charge is -2.50. The van der Waals surface area contributed by atoms with E-state index in [4.69, 9.17) is 23.7 Å². The fourth-order valence-electron chi connectivity index (χ4n) is 7.70. The third-order valence-electron chi connectivity index (χ3n) is 10.5. The number of hydrogen-bond acceptors (Lipinski definition) is 10. The second-order valence-electron chi connectivity index (χ2n) is 15.6. The minimum absolute atomic E-state index is 0.111. The van der Waals surface area contributed by atoms with Crippen LogP contribution in [0.4, 0.5) is 0 Å². The molecule has 0 saturated carbocycles. The number of ether oxygens (including phenoxy) is 5. The number of esters is 2. The molecule has 4 heterocycles. The van der Waals surface area contributed by atoms with Crippen LogP contribution in [-0.2, 0) is 33.3 Å². The Morgan fingerprint density at radius 1 is 0.939 bits per heavy atom. The number of unbranched alkanes of at least 4 members (excludes halogenated alkanes) is 4. The Labute approximate surface area is 293 Å². The molecule has 6 bridgehead atoms. The molecule has 4 aliphatic rings. The van der Waals surface area contributed by atoms with Crippen molar-refractivity contribution in [2.75, 3.05) is 0 Å². The monoisotopic (exact) mass is 690 g/mol. The van der Waals surface area contributed by atoms with Gasteiger partial charge in [0, 0.05) is 31.1 Å². The maximum absolute atomic E-state index is 13.0. The van der Waals surface area contributed by atoms with E-state index >= 15 is 0 Å². The van der Waals surface area contributed by atoms with Crippen LogP contribution in [0.3, 0.4) is 0 Å². The van der Waals surface area contributed by atoms with Gasteiger partial charge in [0.05, 0.1) is 49.1 Å². The van der Waals surface area contributed by atoms with Gasteiger partial charge >= 0.3 is 11.9 Å². The fraction of sp³-hybridized carbons (Fsp3) is 0.795. The van der Waals surface area contributed by atoms with E-state index < -0.39 is 47.7 Å². The van der Waals surface area contributed by atoms with Crippen molar-refractivity contribution in [2.24, 2.45) is 5.41 Å². The molecule has 3 N–H and O–H groups in total. The van der Waals surface area contributed by atoms with Gasteiger partial charge in [0.25, 0.3) is 0 Å². The second kappa shape index (κ2) is 17.9. The molecule has 3 fully saturated rings. The Balaban J connectivity index is 1.60. The molecule has 4 rings (SSSR count). The van der Waals surface area contributed by atoms with Gasteiger partial charge in [-0.25, -0.2) is 0 Å². The minimum atomic E-state index is -1.93. The normalized spacial score (nSPS) is 37.4. The van der Waals surface area contributed by atoms with Gasteiger partial charge in [-0.2, -0.15) is 0 Å². The number of fused-ring (bicyclic) bond motifs is 6. The van der Waals surface area contributed by atoms with Gasteiger partial charge in [0.15, 0.2) is 6.10 Å². The van der Waals surface area contributed by atoms with Gasteiger partial charge in [0.1, 0.15) is 6.10 Å². The van der Waals surface area contributed by atoms with E-state index in [0.717, 1.165) is 43.3 Å². The molecule has 0 radical (unpaired) electrons. The van der Waals surface area contributed by atoms with Crippen molar-refractivity contribution in [3.05, 3.63) is 36.5 Å². The zero-order valence-electron chi connectivity index (χ0n) is 30.3. The second-order valence-corrected chi connectivity index (χ2v) is 15.6. The number of cyclic esters (lactones) is 1. The molecule has 0 aliphatic carbocycles. The fourth-order valence-corrected chi connectivity index (χ4v) is 7.70. The van der Waals surface area contributed by atoms with E-state index in [1.54, 1.807) is 0 Å². The average molecular weight is 691 g/mol. The van der Waals surface area contributed by atoms with Gasteiger partial charge < -0.3 is 39.0 Å². The first kappa shape index (κ1) is 39.7. The molecule has 10 atom stereocenters. The lowest BCUT2D eigenvalue weighted by Crippen LogP contribution is -2.61. The van der Waals surface area contributed by atoms with Crippen molar-refractivity contribution in [2.45, 2.75) is 191 Å². The summed E-state index contributed by atoms with van der Waals surface area (Å²) in [7, 11) is 0. The number of carbonyl (C=O) groups excluding carboxylic acids is 2. The van der Waals surface area contributed by atoms with E-state index in [0.29, 0.717) is 44.9 Å². The van der Waals surface area contributed by atoms with Gasteiger partial charge in [-0.15, -0.1) is 0 Å². The lowest BCUT2D eigenvalue weighted by atomic mass is 9.75. The average Bonchev–Trinajstić information content (AvgIpc) is 3.00. The molecule has 0 spiro atoms. The summed E-state index contributed by atoms with van der Waals surface area (Å²) in [6, 6.07) is 0. The first-order chi connectivity index (χ1) is 23.2. The number of hydrogen-bond donors (Lipinski definition) is 3. The van der Waals surface area contributed by atoms with Crippen molar-refractivity contribution in [1.82, 2.24) is 0 Å². The van der Waals surface area contributed by atoms with Gasteiger partial charge in [-0.3, -0.25) is 9.59 Å². The van der Waals surface area contributed by atoms with Crippen molar-refractivity contribution in [1.29, 1.82) is 0 Å². The van der Waals surface area contributed by atoms with Gasteiger partial charge in [-0.1, -0.05) is 82.9 Å². The Bertz CT molecular complexity index is 1160. The van der Waals surface area contributed by atoms with Crippen LogP contribution < -0.4 is 0 Å². The van der Waals surface area contributed by atoms with Crippen LogP contribution in [-0.4, -0.2) is 88.0 Å². The first-order valence-corrected chi connectivity index (χ1v) is 18.7. The number of rotatable bonds is 8. The summed E-state index contributed by atoms with van der Waals surface area (Å²) in [5.74, 6) is -2.94. The third kappa shape index (κ3) is 11.5. The molecule has 0 unspecified atom stereocenters. The zero-order chi connectivity index (χ0) is 35.8. The van der Waals surface area contributed by atoms with E-state index in [1.165, 1.54) is 6.92 Å². The van der Waals surface area contributed by atoms with E-state index in [1.807, 2.05) is 26.0 Å². The summed E-state index contributed by atoms with van der Waals surface area (Å²) in [5.41, 5.74) is 1.05. The number of aliphatic hydroxyl groups excluding tert-OH is 2. The Kier molecular flexibility index (Phi) is 14.5. The lowest BCUT2D eigenvalue weighted by molar-refractivity contribution is -0.341. The van der Waals surface area contributed by atoms with Crippen LogP contribution >= 0.6 is 0 Å². The summed E-state index contributed by atoms with van der Waals surface area (Å²) in [6.45, 7) is 15.9. The molecule has 0 aromatic carbocycles. The summed E-state index contributed by atoms with van der Waals surface area (Å²) < 4.78 is 31.0. The van der Waals surface area contributed by atoms with Crippen LogP contribution in [0, 0.1) is 5.41 Å². The molecule has 49 heavy (non-hydrogen) atoms. The Morgan fingerprint density at radius 3 is 2.29 bits per heavy atom. The van der Waals surface area contributed by atoms with Crippen LogP contribution in [0.15, 0.2) is 36.5 Å². The number of aliphatic hydroxyl groups is 3. The molecule has 0 amide bonds. The van der Waals surface area contributed by atoms with Crippen LogP contribution in [0.25, 0.3) is 0 Å². The Morgan fingerprint density at radius 2 is 1.59 bits per heavy atom. The van der Waals surface area contributed by atoms with E-state index in [9.17, 15) is 24.9 Å². The van der Waals surface area contributed by atoms with Crippen molar-refractivity contribution in [3.8, 4) is 0 Å². The molecule has 10 nitrogen and oxygen atoms in total. The molecular formula is C39H62O10. The minimum Gasteiger partial charge on any atom is -0.459 e. The molecule has 0 aromatic rings. The molecule has 0 aromatic heterocycles. The highest BCUT2D eigenvalue weighted by molar-refractivity contribution is 5.70. The highest BCUT2D eigenvalue weighted by Crippen LogP contribution is 2.45. The maximum Gasteiger partial charge on any atom is 0.308 e. The molecule has 4 aliphatic heterocycles. The van der Waals surface area contributed by atoms with E-state index in [2.05, 4.69) is 20.1 Å². The Hall–Kier alpha value is -2.08. The topological polar surface area (TPSA) is 141 Å².